The van der Waals surface area contributed by atoms with Crippen LogP contribution in [0.5, 0.6) is 0 Å². The van der Waals surface area contributed by atoms with Crippen LogP contribution < -0.4 is 5.73 Å². The molecule has 2 aromatic rings. The van der Waals surface area contributed by atoms with Crippen LogP contribution in [0.1, 0.15) is 17.1 Å². The Morgan fingerprint density at radius 1 is 1.21 bits per heavy atom. The Morgan fingerprint density at radius 3 is 2.63 bits per heavy atom. The molecule has 2 rings (SSSR count). The smallest absolute Gasteiger partial charge is 0.141 e. The number of aromatic nitrogens is 2. The van der Waals surface area contributed by atoms with Crippen LogP contribution in [0.4, 0.5) is 5.82 Å². The van der Waals surface area contributed by atoms with Gasteiger partial charge in [-0.3, -0.25) is 0 Å². The van der Waals surface area contributed by atoms with Gasteiger partial charge in [-0.25, -0.2) is 9.97 Å². The Bertz CT molecular complexity index is 590. The second-order valence-electron chi connectivity index (χ2n) is 3.99. The van der Waals surface area contributed by atoms with Crippen LogP contribution in [0.3, 0.4) is 0 Å². The molecule has 1 aromatic heterocycles. The summed E-state index contributed by atoms with van der Waals surface area (Å²) in [6.45, 7) is 0.399. The number of benzene rings is 1. The first kappa shape index (κ1) is 14.4. The predicted molar refractivity (Wildman–Crippen MR) is 81.8 cm³/mol. The highest BCUT2D eigenvalue weighted by atomic mass is 79.9. The number of rotatable bonds is 4. The van der Waals surface area contributed by atoms with Crippen molar-refractivity contribution in [3.8, 4) is 0 Å². The molecule has 0 aliphatic rings. The van der Waals surface area contributed by atoms with Crippen molar-refractivity contribution >= 4 is 37.7 Å². The number of hydrogen-bond acceptors (Lipinski definition) is 4. The first-order valence-electron chi connectivity index (χ1n) is 5.65. The number of nitrogens with two attached hydrogens (primary N) is 1. The summed E-state index contributed by atoms with van der Waals surface area (Å²) >= 11 is 6.89. The van der Waals surface area contributed by atoms with E-state index in [1.54, 1.807) is 7.11 Å². The van der Waals surface area contributed by atoms with Crippen LogP contribution in [0.25, 0.3) is 0 Å². The van der Waals surface area contributed by atoms with Crippen molar-refractivity contribution in [3.63, 3.8) is 0 Å². The lowest BCUT2D eigenvalue weighted by Gasteiger charge is -2.09. The van der Waals surface area contributed by atoms with Crippen molar-refractivity contribution in [3.05, 3.63) is 50.3 Å². The number of anilines is 1. The van der Waals surface area contributed by atoms with Gasteiger partial charge in [-0.2, -0.15) is 0 Å². The normalized spacial score (nSPS) is 10.7. The van der Waals surface area contributed by atoms with E-state index in [1.165, 1.54) is 0 Å². The van der Waals surface area contributed by atoms with Crippen LogP contribution in [-0.4, -0.2) is 17.1 Å². The summed E-state index contributed by atoms with van der Waals surface area (Å²) in [4.78, 5) is 8.77. The molecule has 2 N–H and O–H groups in total. The molecule has 6 heteroatoms. The minimum absolute atomic E-state index is 0.399. The van der Waals surface area contributed by atoms with E-state index in [-0.39, 0.29) is 0 Å². The van der Waals surface area contributed by atoms with E-state index in [0.717, 1.165) is 15.7 Å². The number of hydrogen-bond donors (Lipinski definition) is 1. The fourth-order valence-corrected chi connectivity index (χ4v) is 2.41. The number of nitrogen functional groups attached to an aromatic ring is 1. The van der Waals surface area contributed by atoms with E-state index in [2.05, 4.69) is 41.8 Å². The van der Waals surface area contributed by atoms with Crippen molar-refractivity contribution in [2.75, 3.05) is 12.8 Å². The molecular weight excluding hydrogens is 374 g/mol. The van der Waals surface area contributed by atoms with Gasteiger partial charge in [0.2, 0.25) is 0 Å². The third-order valence-electron chi connectivity index (χ3n) is 2.58. The summed E-state index contributed by atoms with van der Waals surface area (Å²) in [6.07, 6.45) is 0.621. The number of nitrogens with zero attached hydrogens (tertiary/aromatic N) is 2. The molecule has 0 fully saturated rings. The van der Waals surface area contributed by atoms with Gasteiger partial charge in [-0.05, 0) is 27.6 Å². The first-order valence-corrected chi connectivity index (χ1v) is 7.23. The first-order chi connectivity index (χ1) is 9.11. The summed E-state index contributed by atoms with van der Waals surface area (Å²) in [5, 5.41) is 0. The van der Waals surface area contributed by atoms with Crippen LogP contribution in [0.2, 0.25) is 0 Å². The summed E-state index contributed by atoms with van der Waals surface area (Å²) in [5.74, 6) is 1.11. The Balaban J connectivity index is 2.33. The monoisotopic (exact) mass is 385 g/mol. The Kier molecular flexibility index (Phi) is 4.90. The lowest BCUT2D eigenvalue weighted by Crippen LogP contribution is -2.07. The van der Waals surface area contributed by atoms with Gasteiger partial charge in [0.05, 0.1) is 16.8 Å². The Labute approximate surface area is 128 Å². The standard InChI is InChI=1S/C13H13Br2N3O/c1-19-7-10-12(15)13(16)18-11(17-10)6-8-4-2-3-5-9(8)14/h2-5H,6-7H2,1H3,(H2,16,17,18). The molecule has 1 heterocycles. The molecular formula is C13H13Br2N3O. The fraction of sp³-hybridized carbons (Fsp3) is 0.231. The second-order valence-corrected chi connectivity index (χ2v) is 5.63. The Hall–Kier alpha value is -0.980. The minimum Gasteiger partial charge on any atom is -0.383 e. The summed E-state index contributed by atoms with van der Waals surface area (Å²) in [7, 11) is 1.62. The van der Waals surface area contributed by atoms with Gasteiger partial charge in [0.25, 0.3) is 0 Å². The molecule has 0 aliphatic carbocycles. The lowest BCUT2D eigenvalue weighted by molar-refractivity contribution is 0.180. The van der Waals surface area contributed by atoms with Crippen molar-refractivity contribution in [1.29, 1.82) is 0 Å². The lowest BCUT2D eigenvalue weighted by atomic mass is 10.1. The van der Waals surface area contributed by atoms with Gasteiger partial charge in [0.1, 0.15) is 11.6 Å². The molecule has 0 bridgehead atoms. The largest absolute Gasteiger partial charge is 0.383 e. The Morgan fingerprint density at radius 2 is 1.95 bits per heavy atom. The van der Waals surface area contributed by atoms with Crippen LogP contribution >= 0.6 is 31.9 Å². The van der Waals surface area contributed by atoms with Gasteiger partial charge >= 0.3 is 0 Å². The third-order valence-corrected chi connectivity index (χ3v) is 4.22. The fourth-order valence-electron chi connectivity index (χ4n) is 1.69. The molecule has 0 aliphatic heterocycles. The van der Waals surface area contributed by atoms with Crippen molar-refractivity contribution in [1.82, 2.24) is 9.97 Å². The van der Waals surface area contributed by atoms with E-state index in [0.29, 0.717) is 29.1 Å². The van der Waals surface area contributed by atoms with Crippen LogP contribution in [-0.2, 0) is 17.8 Å². The second kappa shape index (κ2) is 6.45. The molecule has 100 valence electrons. The zero-order chi connectivity index (χ0) is 13.8. The average Bonchev–Trinajstić information content (AvgIpc) is 2.38. The third kappa shape index (κ3) is 3.52. The van der Waals surface area contributed by atoms with E-state index >= 15 is 0 Å². The van der Waals surface area contributed by atoms with Gasteiger partial charge in [0, 0.05) is 18.0 Å². The highest BCUT2D eigenvalue weighted by Crippen LogP contribution is 2.24. The quantitative estimate of drug-likeness (QED) is 0.875. The molecule has 19 heavy (non-hydrogen) atoms. The maximum Gasteiger partial charge on any atom is 0.141 e. The molecule has 0 saturated heterocycles. The van der Waals surface area contributed by atoms with Gasteiger partial charge in [0.15, 0.2) is 0 Å². The van der Waals surface area contributed by atoms with Crippen LogP contribution in [0.15, 0.2) is 33.2 Å². The van der Waals surface area contributed by atoms with Crippen molar-refractivity contribution in [2.45, 2.75) is 13.0 Å². The maximum atomic E-state index is 5.88. The minimum atomic E-state index is 0.399. The van der Waals surface area contributed by atoms with Gasteiger partial charge < -0.3 is 10.5 Å². The molecule has 1 aromatic carbocycles. The molecule has 0 saturated carbocycles. The number of ether oxygens (including phenoxy) is 1. The molecule has 0 spiro atoms. The van der Waals surface area contributed by atoms with Gasteiger partial charge in [-0.15, -0.1) is 0 Å². The summed E-state index contributed by atoms with van der Waals surface area (Å²) < 4.78 is 6.84. The SMILES string of the molecule is COCc1nc(Cc2ccccc2Br)nc(N)c1Br. The zero-order valence-electron chi connectivity index (χ0n) is 10.4. The topological polar surface area (TPSA) is 61.0 Å². The molecule has 4 nitrogen and oxygen atoms in total. The van der Waals surface area contributed by atoms with E-state index in [4.69, 9.17) is 10.5 Å². The van der Waals surface area contributed by atoms with Gasteiger partial charge in [-0.1, -0.05) is 34.1 Å². The molecule has 0 unspecified atom stereocenters. The number of methoxy groups -OCH3 is 1. The molecule has 0 radical (unpaired) electrons. The summed E-state index contributed by atoms with van der Waals surface area (Å²) in [5.41, 5.74) is 7.76. The summed E-state index contributed by atoms with van der Waals surface area (Å²) in [6, 6.07) is 7.98. The predicted octanol–water partition coefficient (Wildman–Crippen LogP) is 3.32. The van der Waals surface area contributed by atoms with Crippen LogP contribution in [0, 0.1) is 0 Å². The van der Waals surface area contributed by atoms with E-state index in [1.807, 2.05) is 24.3 Å². The maximum absolute atomic E-state index is 5.88. The molecule has 0 atom stereocenters. The van der Waals surface area contributed by atoms with E-state index < -0.39 is 0 Å². The zero-order valence-corrected chi connectivity index (χ0v) is 13.5. The average molecular weight is 387 g/mol. The van der Waals surface area contributed by atoms with Crippen molar-refractivity contribution < 1.29 is 4.74 Å². The number of halogens is 2. The highest BCUT2D eigenvalue weighted by molar-refractivity contribution is 9.11. The highest BCUT2D eigenvalue weighted by Gasteiger charge is 2.11. The molecule has 0 amide bonds. The van der Waals surface area contributed by atoms with Crippen molar-refractivity contribution in [2.24, 2.45) is 0 Å². The van der Waals surface area contributed by atoms with E-state index in [9.17, 15) is 0 Å².